The van der Waals surface area contributed by atoms with Crippen LogP contribution in [-0.2, 0) is 37.2 Å². The van der Waals surface area contributed by atoms with Crippen molar-refractivity contribution in [1.82, 2.24) is 41.2 Å². The Morgan fingerprint density at radius 2 is 0.918 bits per heavy atom. The van der Waals surface area contributed by atoms with Gasteiger partial charge >= 0.3 is 0 Å². The van der Waals surface area contributed by atoms with Gasteiger partial charge in [-0.1, -0.05) is 95.5 Å². The van der Waals surface area contributed by atoms with Crippen LogP contribution in [-0.4, -0.2) is 102 Å². The predicted octanol–water partition coefficient (Wildman–Crippen LogP) is 17.5. The number of tetrazole rings is 2. The van der Waals surface area contributed by atoms with Gasteiger partial charge in [-0.3, -0.25) is 28.8 Å². The number of sulfonamides is 1. The number of primary sulfonamides is 1. The molecule has 0 aliphatic carbocycles. The van der Waals surface area contributed by atoms with Gasteiger partial charge in [0.2, 0.25) is 15.8 Å². The second-order valence-electron chi connectivity index (χ2n) is 28.6. The van der Waals surface area contributed by atoms with Gasteiger partial charge in [0.05, 0.1) is 76.8 Å². The molecule has 0 bridgehead atoms. The van der Waals surface area contributed by atoms with Crippen molar-refractivity contribution in [2.45, 2.75) is 59.3 Å². The van der Waals surface area contributed by atoms with E-state index in [1.807, 2.05) is 125 Å². The maximum atomic E-state index is 13.4. The third-order valence-electron chi connectivity index (χ3n) is 19.8. The summed E-state index contributed by atoms with van der Waals surface area (Å²) in [4.78, 5) is 78.7. The Bertz CT molecular complexity index is 6680. The maximum Gasteiger partial charge on any atom is 0.280 e. The number of aryl methyl sites for hydroxylation is 3. The van der Waals surface area contributed by atoms with Gasteiger partial charge in [0.25, 0.3) is 35.4 Å². The second kappa shape index (κ2) is 35.5. The Kier molecular flexibility index (Phi) is 24.0. The number of amides is 6. The molecule has 0 saturated heterocycles. The van der Waals surface area contributed by atoms with E-state index in [0.717, 1.165) is 22.3 Å². The Morgan fingerprint density at radius 1 is 0.467 bits per heavy atom. The van der Waals surface area contributed by atoms with Gasteiger partial charge in [0.1, 0.15) is 34.6 Å². The van der Waals surface area contributed by atoms with Crippen LogP contribution in [0, 0.1) is 32.6 Å². The van der Waals surface area contributed by atoms with Crippen LogP contribution in [0.3, 0.4) is 0 Å². The van der Waals surface area contributed by atoms with Gasteiger partial charge in [0.15, 0.2) is 5.82 Å². The lowest BCUT2D eigenvalue weighted by Gasteiger charge is -2.14. The minimum absolute atomic E-state index is 0.0544. The average Bonchev–Trinajstić information content (AvgIpc) is 1.66. The second-order valence-corrected chi connectivity index (χ2v) is 31.4. The Hall–Kier alpha value is -14.7. The van der Waals surface area contributed by atoms with Gasteiger partial charge in [0, 0.05) is 69.1 Å². The molecule has 6 amide bonds. The van der Waals surface area contributed by atoms with E-state index in [2.05, 4.69) is 72.5 Å². The zero-order valence-electron chi connectivity index (χ0n) is 65.6. The first-order valence-corrected chi connectivity index (χ1v) is 40.4. The first-order chi connectivity index (χ1) is 58.7. The third kappa shape index (κ3) is 18.7. The summed E-state index contributed by atoms with van der Waals surface area (Å²) >= 11 is 19.1. The third-order valence-corrected chi connectivity index (χ3v) is 21.7. The molecule has 5 aromatic heterocycles. The van der Waals surface area contributed by atoms with E-state index < -0.39 is 21.9 Å². The standard InChI is InChI=1S/C30H24ClN7O3.C30H22ClN7O3.C29H25ClN4O5S/c2*1-17-5-3-7-21(13-17)32-29(39)25-15-19(9-11-26(25)31)27-12-10-23(41-27)16-24-18(2)35-38(30(24)40)22-8-4-6-20(14-22)28-33-36-37-34-28;1-17-4-3-5-20(14-17)32-28(35)25-15-19(6-12-26(25)30)27-13-9-22(39-27)16-24-18(2)33-34(29(24)36)21-7-10-23(11-8-21)40(31,37)38/h3-15,24H,16H2,1-2H3,(H,32,39)(H,33,34,36,37);3-16H,1-2H3,(H,32,39)(H,33,34,36,37);3-15,24H,16H2,1-2H3,(H,32,35)(H2,31,37,38)/b;24-16-;. The minimum Gasteiger partial charge on any atom is -0.461 e. The summed E-state index contributed by atoms with van der Waals surface area (Å²) in [6.45, 7) is 11.2. The number of hydrogen-bond donors (Lipinski definition) is 6. The molecule has 8 heterocycles. The summed E-state index contributed by atoms with van der Waals surface area (Å²) in [6.07, 6.45) is 2.26. The van der Waals surface area contributed by atoms with E-state index in [0.29, 0.717) is 163 Å². The molecule has 0 spiro atoms. The smallest absolute Gasteiger partial charge is 0.280 e. The highest BCUT2D eigenvalue weighted by atomic mass is 35.5. The number of nitrogens with one attached hydrogen (secondary N) is 5. The molecule has 3 aliphatic heterocycles. The molecular weight excluding hydrogens is 1640 g/mol. The number of aromatic amines is 2. The van der Waals surface area contributed by atoms with E-state index in [-0.39, 0.29) is 46.8 Å². The monoisotopic (exact) mass is 1700 g/mol. The van der Waals surface area contributed by atoms with Gasteiger partial charge < -0.3 is 29.2 Å². The molecule has 0 saturated carbocycles. The van der Waals surface area contributed by atoms with Crippen molar-refractivity contribution in [1.29, 1.82) is 0 Å². The Balaban J connectivity index is 0.000000142. The van der Waals surface area contributed by atoms with Crippen LogP contribution >= 0.6 is 34.8 Å². The fraction of sp³-hybridized carbons (Fsp3) is 0.112. The van der Waals surface area contributed by atoms with Crippen LogP contribution in [0.15, 0.2) is 276 Å². The molecule has 33 heteroatoms. The normalized spacial score (nSPS) is 14.7. The number of hydrazone groups is 3. The summed E-state index contributed by atoms with van der Waals surface area (Å²) in [5.74, 6) is 1.40. The highest BCUT2D eigenvalue weighted by Gasteiger charge is 2.38. The SMILES string of the molecule is CC1=NN(c2ccc(S(N)(=O)=O)cc2)C(=O)C1Cc1ccc(-c2ccc(Cl)c(C(=O)Nc3cccc(C)c3)c2)o1.CC1=NN(c2cccc(-c3nn[nH]n3)c2)C(=O)C1Cc1ccc(-c2ccc(Cl)c(C(=O)Nc3cccc(C)c3)c2)o1.CC1=NN(c2cccc(-c3nnn[nH]3)c2)C(=O)/C1=C\c1ccc(-c2ccc(Cl)c(C(=O)Nc3cccc(C)c3)c2)o1. The van der Waals surface area contributed by atoms with Crippen molar-refractivity contribution in [2.24, 2.45) is 32.3 Å². The zero-order valence-corrected chi connectivity index (χ0v) is 68.7. The van der Waals surface area contributed by atoms with E-state index in [9.17, 15) is 37.2 Å². The van der Waals surface area contributed by atoms with E-state index >= 15 is 0 Å². The van der Waals surface area contributed by atoms with Crippen LogP contribution in [0.5, 0.6) is 0 Å². The number of H-pyrrole nitrogens is 2. The van der Waals surface area contributed by atoms with Crippen molar-refractivity contribution in [3.05, 3.63) is 308 Å². The highest BCUT2D eigenvalue weighted by molar-refractivity contribution is 7.89. The molecule has 0 fully saturated rings. The number of hydrogen-bond acceptors (Lipinski definition) is 20. The summed E-state index contributed by atoms with van der Waals surface area (Å²) in [5, 5.41) is 59.9. The molecular formula is C89H71Cl3N18O11S. The molecule has 2 unspecified atom stereocenters. The number of furan rings is 3. The quantitative estimate of drug-likeness (QED) is 0.0386. The van der Waals surface area contributed by atoms with Crippen LogP contribution in [0.4, 0.5) is 34.1 Å². The largest absolute Gasteiger partial charge is 0.461 e. The number of aromatic nitrogens is 8. The number of carbonyl (C=O) groups excluding carboxylic acids is 6. The van der Waals surface area contributed by atoms with E-state index in [4.69, 9.17) is 53.2 Å². The number of anilines is 6. The molecule has 122 heavy (non-hydrogen) atoms. The number of rotatable bonds is 20. The average molecular weight is 1710 g/mol. The summed E-state index contributed by atoms with van der Waals surface area (Å²) in [6, 6.07) is 68.6. The van der Waals surface area contributed by atoms with E-state index in [1.165, 1.54) is 39.3 Å². The Labute approximate surface area is 712 Å². The lowest BCUT2D eigenvalue weighted by atomic mass is 9.99. The lowest BCUT2D eigenvalue weighted by molar-refractivity contribution is -0.120. The molecule has 610 valence electrons. The lowest BCUT2D eigenvalue weighted by Crippen LogP contribution is -2.28. The van der Waals surface area contributed by atoms with Crippen LogP contribution in [0.25, 0.3) is 62.8 Å². The van der Waals surface area contributed by atoms with E-state index in [1.54, 1.807) is 135 Å². The van der Waals surface area contributed by atoms with Crippen molar-refractivity contribution >= 4 is 138 Å². The molecule has 0 radical (unpaired) electrons. The van der Waals surface area contributed by atoms with Crippen molar-refractivity contribution in [2.75, 3.05) is 31.0 Å². The number of nitrogens with zero attached hydrogens (tertiary/aromatic N) is 12. The number of benzene rings is 9. The van der Waals surface area contributed by atoms with Crippen LogP contribution in [0.1, 0.15) is 85.8 Å². The molecule has 2 atom stereocenters. The number of nitrogens with two attached hydrogens (primary N) is 1. The van der Waals surface area contributed by atoms with Crippen LogP contribution < -0.4 is 36.1 Å². The minimum atomic E-state index is -3.85. The van der Waals surface area contributed by atoms with Gasteiger partial charge in [-0.2, -0.15) is 25.5 Å². The fourth-order valence-corrected chi connectivity index (χ4v) is 14.7. The first kappa shape index (κ1) is 82.4. The van der Waals surface area contributed by atoms with Crippen molar-refractivity contribution in [3.63, 3.8) is 0 Å². The topological polar surface area (TPSA) is 394 Å². The molecule has 29 nitrogen and oxygen atoms in total. The predicted molar refractivity (Wildman–Crippen MR) is 466 cm³/mol. The molecule has 17 rings (SSSR count). The zero-order chi connectivity index (χ0) is 85.6. The molecule has 3 aliphatic rings. The summed E-state index contributed by atoms with van der Waals surface area (Å²) in [7, 11) is -3.85. The van der Waals surface area contributed by atoms with Gasteiger partial charge in [-0.25, -0.2) is 28.7 Å². The molecule has 9 aromatic carbocycles. The summed E-state index contributed by atoms with van der Waals surface area (Å²) < 4.78 is 41.3. The van der Waals surface area contributed by atoms with Crippen molar-refractivity contribution < 1.29 is 50.4 Å². The van der Waals surface area contributed by atoms with Crippen molar-refractivity contribution in [3.8, 4) is 56.7 Å². The number of carbonyl (C=O) groups is 6. The first-order valence-electron chi connectivity index (χ1n) is 37.7. The van der Waals surface area contributed by atoms with Gasteiger partial charge in [-0.05, 0) is 256 Å². The maximum absolute atomic E-state index is 13.4. The highest BCUT2D eigenvalue weighted by Crippen LogP contribution is 2.37. The molecule has 14 aromatic rings. The molecule has 7 N–H and O–H groups in total. The summed E-state index contributed by atoms with van der Waals surface area (Å²) in [5.41, 5.74) is 13.3. The fourth-order valence-electron chi connectivity index (χ4n) is 13.5. The Morgan fingerprint density at radius 3 is 1.38 bits per heavy atom. The number of halogens is 3. The van der Waals surface area contributed by atoms with Crippen LogP contribution in [0.2, 0.25) is 15.1 Å². The van der Waals surface area contributed by atoms with Gasteiger partial charge in [-0.15, -0.1) is 15.3 Å².